The van der Waals surface area contributed by atoms with Crippen molar-refractivity contribution in [3.63, 3.8) is 0 Å². The lowest BCUT2D eigenvalue weighted by Crippen LogP contribution is -2.45. The van der Waals surface area contributed by atoms with E-state index in [2.05, 4.69) is 5.32 Å². The van der Waals surface area contributed by atoms with E-state index in [0.29, 0.717) is 18.8 Å². The number of rotatable bonds is 2. The van der Waals surface area contributed by atoms with Gasteiger partial charge in [-0.3, -0.25) is 4.79 Å². The number of benzene rings is 1. The number of hydrogen-bond donors (Lipinski definition) is 2. The third-order valence-corrected chi connectivity index (χ3v) is 4.03. The number of carbonyl (C=O) groups is 1. The van der Waals surface area contributed by atoms with Crippen molar-refractivity contribution in [2.24, 2.45) is 0 Å². The van der Waals surface area contributed by atoms with Crippen molar-refractivity contribution in [3.05, 3.63) is 34.9 Å². The first-order valence-electron chi connectivity index (χ1n) is 6.92. The molecule has 1 amide bonds. The predicted molar refractivity (Wildman–Crippen MR) is 70.7 cm³/mol. The number of ether oxygens (including phenoxy) is 1. The number of nitrogens with one attached hydrogen (secondary N) is 1. The summed E-state index contributed by atoms with van der Waals surface area (Å²) in [5.74, 6) is -0.0966. The van der Waals surface area contributed by atoms with E-state index in [1.165, 1.54) is 0 Å². The first-order valence-corrected chi connectivity index (χ1v) is 6.92. The average molecular weight is 261 g/mol. The van der Waals surface area contributed by atoms with E-state index in [-0.39, 0.29) is 11.9 Å². The first-order chi connectivity index (χ1) is 9.24. The summed E-state index contributed by atoms with van der Waals surface area (Å²) in [5.41, 5.74) is 2.91. The van der Waals surface area contributed by atoms with Gasteiger partial charge in [-0.1, -0.05) is 18.9 Å². The Hall–Kier alpha value is -1.39. The highest BCUT2D eigenvalue weighted by Crippen LogP contribution is 2.22. The number of amides is 1. The van der Waals surface area contributed by atoms with Crippen molar-refractivity contribution in [1.82, 2.24) is 5.32 Å². The Bertz CT molecular complexity index is 486. The molecule has 0 radical (unpaired) electrons. The van der Waals surface area contributed by atoms with E-state index in [4.69, 9.17) is 4.74 Å². The van der Waals surface area contributed by atoms with Crippen LogP contribution in [0.1, 0.15) is 47.2 Å². The Balaban J connectivity index is 1.70. The molecule has 1 aromatic carbocycles. The van der Waals surface area contributed by atoms with Crippen LogP contribution in [-0.2, 0) is 18.0 Å². The summed E-state index contributed by atoms with van der Waals surface area (Å²) in [7, 11) is 0. The Labute approximate surface area is 112 Å². The third-order valence-electron chi connectivity index (χ3n) is 4.03. The topological polar surface area (TPSA) is 58.6 Å². The van der Waals surface area contributed by atoms with Gasteiger partial charge in [-0.15, -0.1) is 0 Å². The van der Waals surface area contributed by atoms with Crippen LogP contribution in [0.25, 0.3) is 0 Å². The van der Waals surface area contributed by atoms with Crippen LogP contribution >= 0.6 is 0 Å². The van der Waals surface area contributed by atoms with Gasteiger partial charge in [0.05, 0.1) is 25.4 Å². The smallest absolute Gasteiger partial charge is 0.251 e. The molecule has 4 heteroatoms. The van der Waals surface area contributed by atoms with Crippen molar-refractivity contribution in [2.75, 3.05) is 0 Å². The monoisotopic (exact) mass is 261 g/mol. The molecule has 102 valence electrons. The fraction of sp³-hybridized carbons (Fsp3) is 0.533. The minimum atomic E-state index is -0.407. The molecule has 3 rings (SSSR count). The second kappa shape index (κ2) is 5.31. The third kappa shape index (κ3) is 2.65. The Morgan fingerprint density at radius 2 is 2.00 bits per heavy atom. The van der Waals surface area contributed by atoms with Crippen LogP contribution < -0.4 is 5.32 Å². The molecule has 1 aromatic rings. The van der Waals surface area contributed by atoms with Gasteiger partial charge in [0, 0.05) is 5.56 Å². The van der Waals surface area contributed by atoms with Crippen LogP contribution in [-0.4, -0.2) is 23.2 Å². The van der Waals surface area contributed by atoms with Gasteiger partial charge in [-0.05, 0) is 36.1 Å². The second-order valence-corrected chi connectivity index (χ2v) is 5.41. The summed E-state index contributed by atoms with van der Waals surface area (Å²) < 4.78 is 5.34. The molecule has 2 aliphatic rings. The molecule has 0 saturated heterocycles. The lowest BCUT2D eigenvalue weighted by Gasteiger charge is -2.28. The highest BCUT2D eigenvalue weighted by molar-refractivity contribution is 5.94. The van der Waals surface area contributed by atoms with E-state index in [0.717, 1.165) is 36.8 Å². The molecule has 2 N–H and O–H groups in total. The summed E-state index contributed by atoms with van der Waals surface area (Å²) in [4.78, 5) is 12.2. The maximum Gasteiger partial charge on any atom is 0.251 e. The van der Waals surface area contributed by atoms with Crippen molar-refractivity contribution in [3.8, 4) is 0 Å². The molecule has 1 aliphatic carbocycles. The number of hydrogen-bond acceptors (Lipinski definition) is 3. The molecule has 0 bridgehead atoms. The maximum absolute atomic E-state index is 12.2. The minimum Gasteiger partial charge on any atom is -0.391 e. The molecule has 1 fully saturated rings. The van der Waals surface area contributed by atoms with Crippen molar-refractivity contribution in [2.45, 2.75) is 51.0 Å². The van der Waals surface area contributed by atoms with Gasteiger partial charge in [0.1, 0.15) is 0 Å². The van der Waals surface area contributed by atoms with Gasteiger partial charge in [-0.2, -0.15) is 0 Å². The zero-order chi connectivity index (χ0) is 13.2. The molecule has 1 saturated carbocycles. The van der Waals surface area contributed by atoms with Crippen LogP contribution in [0.3, 0.4) is 0 Å². The van der Waals surface area contributed by atoms with E-state index < -0.39 is 6.10 Å². The molecule has 0 spiro atoms. The average Bonchev–Trinajstić information content (AvgIpc) is 2.88. The summed E-state index contributed by atoms with van der Waals surface area (Å²) in [6, 6.07) is 5.57. The molecular weight excluding hydrogens is 242 g/mol. The summed E-state index contributed by atoms with van der Waals surface area (Å²) >= 11 is 0. The largest absolute Gasteiger partial charge is 0.391 e. The zero-order valence-corrected chi connectivity index (χ0v) is 10.9. The Morgan fingerprint density at radius 3 is 2.84 bits per heavy atom. The highest BCUT2D eigenvalue weighted by Gasteiger charge is 2.25. The standard InChI is InChI=1S/C15H19NO3/c17-14-4-2-1-3-13(14)16-15(18)10-5-6-11-8-19-9-12(11)7-10/h5-7,13-14,17H,1-4,8-9H2,(H,16,18). The predicted octanol–water partition coefficient (Wildman–Crippen LogP) is 1.75. The quantitative estimate of drug-likeness (QED) is 0.852. The Morgan fingerprint density at radius 1 is 1.21 bits per heavy atom. The van der Waals surface area contributed by atoms with Crippen LogP contribution in [0.5, 0.6) is 0 Å². The zero-order valence-electron chi connectivity index (χ0n) is 10.9. The number of aliphatic hydroxyl groups is 1. The number of carbonyl (C=O) groups excluding carboxylic acids is 1. The molecule has 1 aliphatic heterocycles. The van der Waals surface area contributed by atoms with Gasteiger partial charge in [0.25, 0.3) is 5.91 Å². The van der Waals surface area contributed by atoms with Crippen molar-refractivity contribution < 1.29 is 14.6 Å². The van der Waals surface area contributed by atoms with Crippen molar-refractivity contribution in [1.29, 1.82) is 0 Å². The summed E-state index contributed by atoms with van der Waals surface area (Å²) in [5, 5.41) is 12.8. The second-order valence-electron chi connectivity index (χ2n) is 5.41. The maximum atomic E-state index is 12.2. The molecule has 0 aromatic heterocycles. The van der Waals surface area contributed by atoms with E-state index in [1.807, 2.05) is 18.2 Å². The number of aliphatic hydroxyl groups excluding tert-OH is 1. The van der Waals surface area contributed by atoms with Gasteiger partial charge in [-0.25, -0.2) is 0 Å². The van der Waals surface area contributed by atoms with Crippen molar-refractivity contribution >= 4 is 5.91 Å². The van der Waals surface area contributed by atoms with Crippen LogP contribution in [0, 0.1) is 0 Å². The molecular formula is C15H19NO3. The molecule has 2 unspecified atom stereocenters. The van der Waals surface area contributed by atoms with E-state index in [1.54, 1.807) is 0 Å². The fourth-order valence-electron chi connectivity index (χ4n) is 2.84. The molecule has 1 heterocycles. The summed E-state index contributed by atoms with van der Waals surface area (Å²) in [6.07, 6.45) is 3.35. The van der Waals surface area contributed by atoms with E-state index >= 15 is 0 Å². The number of fused-ring (bicyclic) bond motifs is 1. The minimum absolute atomic E-state index is 0.0966. The molecule has 2 atom stereocenters. The SMILES string of the molecule is O=C(NC1CCCCC1O)c1ccc2c(c1)COC2. The fourth-order valence-corrected chi connectivity index (χ4v) is 2.84. The van der Waals surface area contributed by atoms with Crippen LogP contribution in [0.4, 0.5) is 0 Å². The van der Waals surface area contributed by atoms with Gasteiger partial charge in [0.15, 0.2) is 0 Å². The first kappa shape index (κ1) is 12.6. The van der Waals surface area contributed by atoms with Crippen LogP contribution in [0.15, 0.2) is 18.2 Å². The summed E-state index contributed by atoms with van der Waals surface area (Å²) in [6.45, 7) is 1.22. The van der Waals surface area contributed by atoms with E-state index in [9.17, 15) is 9.90 Å². The molecule has 4 nitrogen and oxygen atoms in total. The van der Waals surface area contributed by atoms with Gasteiger partial charge in [0.2, 0.25) is 0 Å². The highest BCUT2D eigenvalue weighted by atomic mass is 16.5. The normalized spacial score (nSPS) is 25.9. The van der Waals surface area contributed by atoms with Gasteiger partial charge >= 0.3 is 0 Å². The molecule has 19 heavy (non-hydrogen) atoms. The lowest BCUT2D eigenvalue weighted by molar-refractivity contribution is 0.0717. The lowest BCUT2D eigenvalue weighted by atomic mass is 9.92. The van der Waals surface area contributed by atoms with Gasteiger partial charge < -0.3 is 15.2 Å². The van der Waals surface area contributed by atoms with Crippen LogP contribution in [0.2, 0.25) is 0 Å². The Kier molecular flexibility index (Phi) is 3.53.